The van der Waals surface area contributed by atoms with Gasteiger partial charge in [-0.2, -0.15) is 0 Å². The van der Waals surface area contributed by atoms with Crippen molar-refractivity contribution < 1.29 is 14.3 Å². The molecule has 2 N–H and O–H groups in total. The van der Waals surface area contributed by atoms with Gasteiger partial charge in [-0.3, -0.25) is 14.6 Å². The Balaban J connectivity index is 1.80. The standard InChI is InChI=1S/C17H30N4O3/c1-12-10-21(11-14(12)16(23)24-3)17(18-2)19-9-15(22)20-13-7-5-4-6-8-13/h12-14H,4-11H2,1-3H3,(H,18,19)(H,20,22). The third-order valence-electron chi connectivity index (χ3n) is 5.00. The summed E-state index contributed by atoms with van der Waals surface area (Å²) in [4.78, 5) is 30.2. The quantitative estimate of drug-likeness (QED) is 0.449. The van der Waals surface area contributed by atoms with Crippen molar-refractivity contribution in [2.24, 2.45) is 16.8 Å². The van der Waals surface area contributed by atoms with Gasteiger partial charge in [-0.15, -0.1) is 0 Å². The van der Waals surface area contributed by atoms with Gasteiger partial charge in [0, 0.05) is 26.2 Å². The second kappa shape index (κ2) is 8.89. The monoisotopic (exact) mass is 338 g/mol. The zero-order valence-corrected chi connectivity index (χ0v) is 15.0. The molecule has 1 aliphatic carbocycles. The molecule has 1 saturated heterocycles. The molecule has 2 aliphatic rings. The molecule has 1 saturated carbocycles. The first-order valence-electron chi connectivity index (χ1n) is 8.88. The Kier molecular flexibility index (Phi) is 6.87. The lowest BCUT2D eigenvalue weighted by Gasteiger charge is -2.24. The Morgan fingerprint density at radius 2 is 1.92 bits per heavy atom. The van der Waals surface area contributed by atoms with Gasteiger partial charge in [-0.05, 0) is 18.8 Å². The molecule has 0 spiro atoms. The molecule has 1 heterocycles. The third-order valence-corrected chi connectivity index (χ3v) is 5.00. The number of methoxy groups -OCH3 is 1. The molecule has 7 nitrogen and oxygen atoms in total. The maximum atomic E-state index is 12.1. The molecule has 1 amide bonds. The van der Waals surface area contributed by atoms with E-state index in [1.165, 1.54) is 26.4 Å². The van der Waals surface area contributed by atoms with Crippen molar-refractivity contribution in [3.8, 4) is 0 Å². The Hall–Kier alpha value is -1.79. The fraction of sp³-hybridized carbons (Fsp3) is 0.824. The highest BCUT2D eigenvalue weighted by Gasteiger charge is 2.36. The number of carbonyl (C=O) groups excluding carboxylic acids is 2. The summed E-state index contributed by atoms with van der Waals surface area (Å²) < 4.78 is 4.86. The van der Waals surface area contributed by atoms with E-state index in [1.54, 1.807) is 7.05 Å². The number of aliphatic imine (C=N–C) groups is 1. The van der Waals surface area contributed by atoms with E-state index in [0.717, 1.165) is 19.4 Å². The van der Waals surface area contributed by atoms with Gasteiger partial charge in [0.25, 0.3) is 0 Å². The van der Waals surface area contributed by atoms with Crippen molar-refractivity contribution in [1.29, 1.82) is 0 Å². The maximum absolute atomic E-state index is 12.1. The fourth-order valence-electron chi connectivity index (χ4n) is 3.62. The summed E-state index contributed by atoms with van der Waals surface area (Å²) in [7, 11) is 3.11. The predicted octanol–water partition coefficient (Wildman–Crippen LogP) is 0.752. The van der Waals surface area contributed by atoms with Crippen molar-refractivity contribution >= 4 is 17.8 Å². The number of esters is 1. The minimum atomic E-state index is -0.185. The van der Waals surface area contributed by atoms with Crippen molar-refractivity contribution in [2.75, 3.05) is 33.8 Å². The van der Waals surface area contributed by atoms with Crippen LogP contribution in [-0.2, 0) is 14.3 Å². The lowest BCUT2D eigenvalue weighted by Crippen LogP contribution is -2.47. The van der Waals surface area contributed by atoms with Crippen molar-refractivity contribution in [2.45, 2.75) is 45.1 Å². The van der Waals surface area contributed by atoms with Crippen LogP contribution in [-0.4, -0.2) is 62.6 Å². The van der Waals surface area contributed by atoms with Gasteiger partial charge in [0.1, 0.15) is 0 Å². The molecule has 0 aromatic carbocycles. The molecule has 2 atom stereocenters. The van der Waals surface area contributed by atoms with Gasteiger partial charge in [0.2, 0.25) is 5.91 Å². The third kappa shape index (κ3) is 4.85. The summed E-state index contributed by atoms with van der Waals surface area (Å²) in [5.74, 6) is 0.527. The molecule has 2 rings (SSSR count). The van der Waals surface area contributed by atoms with Gasteiger partial charge < -0.3 is 20.3 Å². The minimum Gasteiger partial charge on any atom is -0.469 e. The number of hydrogen-bond acceptors (Lipinski definition) is 4. The molecule has 24 heavy (non-hydrogen) atoms. The summed E-state index contributed by atoms with van der Waals surface area (Å²) in [5, 5.41) is 6.20. The Bertz CT molecular complexity index is 474. The summed E-state index contributed by atoms with van der Waals surface area (Å²) in [5.41, 5.74) is 0. The molecule has 7 heteroatoms. The van der Waals surface area contributed by atoms with E-state index >= 15 is 0 Å². The molecule has 0 aromatic heterocycles. The van der Waals surface area contributed by atoms with Gasteiger partial charge >= 0.3 is 5.97 Å². The average molecular weight is 338 g/mol. The number of nitrogens with zero attached hydrogens (tertiary/aromatic N) is 2. The maximum Gasteiger partial charge on any atom is 0.310 e. The number of likely N-dealkylation sites (tertiary alicyclic amines) is 1. The lowest BCUT2D eigenvalue weighted by atomic mass is 9.95. The molecular formula is C17H30N4O3. The van der Waals surface area contributed by atoms with E-state index in [2.05, 4.69) is 15.6 Å². The van der Waals surface area contributed by atoms with E-state index in [0.29, 0.717) is 18.5 Å². The number of ether oxygens (including phenoxy) is 1. The molecule has 2 unspecified atom stereocenters. The number of carbonyl (C=O) groups is 2. The first-order chi connectivity index (χ1) is 11.5. The predicted molar refractivity (Wildman–Crippen MR) is 92.6 cm³/mol. The number of rotatable bonds is 4. The van der Waals surface area contributed by atoms with Crippen LogP contribution in [0.25, 0.3) is 0 Å². The van der Waals surface area contributed by atoms with Gasteiger partial charge in [0.15, 0.2) is 5.96 Å². The highest BCUT2D eigenvalue weighted by atomic mass is 16.5. The Labute approximate surface area is 144 Å². The van der Waals surface area contributed by atoms with E-state index in [9.17, 15) is 9.59 Å². The van der Waals surface area contributed by atoms with Crippen LogP contribution < -0.4 is 10.6 Å². The van der Waals surface area contributed by atoms with Crippen molar-refractivity contribution in [3.05, 3.63) is 0 Å². The second-order valence-corrected chi connectivity index (χ2v) is 6.82. The zero-order valence-electron chi connectivity index (χ0n) is 15.0. The topological polar surface area (TPSA) is 83.0 Å². The first-order valence-corrected chi connectivity index (χ1v) is 8.88. The summed E-state index contributed by atoms with van der Waals surface area (Å²) >= 11 is 0. The van der Waals surface area contributed by atoms with Crippen LogP contribution in [0.2, 0.25) is 0 Å². The van der Waals surface area contributed by atoms with E-state index in [4.69, 9.17) is 4.74 Å². The second-order valence-electron chi connectivity index (χ2n) is 6.82. The van der Waals surface area contributed by atoms with Gasteiger partial charge in [0.05, 0.1) is 19.6 Å². The fourth-order valence-corrected chi connectivity index (χ4v) is 3.62. The van der Waals surface area contributed by atoms with Gasteiger partial charge in [-0.25, -0.2) is 0 Å². The highest BCUT2D eigenvalue weighted by molar-refractivity contribution is 5.87. The highest BCUT2D eigenvalue weighted by Crippen LogP contribution is 2.24. The summed E-state index contributed by atoms with van der Waals surface area (Å²) in [6.07, 6.45) is 5.81. The lowest BCUT2D eigenvalue weighted by molar-refractivity contribution is -0.146. The minimum absolute atomic E-state index is 0.000173. The van der Waals surface area contributed by atoms with Crippen molar-refractivity contribution in [1.82, 2.24) is 15.5 Å². The van der Waals surface area contributed by atoms with Crippen LogP contribution in [0.1, 0.15) is 39.0 Å². The smallest absolute Gasteiger partial charge is 0.310 e. The number of amides is 1. The number of hydrogen-bond donors (Lipinski definition) is 2. The normalized spacial score (nSPS) is 25.5. The molecule has 0 bridgehead atoms. The molecule has 2 fully saturated rings. The van der Waals surface area contributed by atoms with Crippen LogP contribution in [0, 0.1) is 11.8 Å². The molecule has 136 valence electrons. The first kappa shape index (κ1) is 18.5. The largest absolute Gasteiger partial charge is 0.469 e. The van der Waals surface area contributed by atoms with Crippen LogP contribution in [0.15, 0.2) is 4.99 Å². The zero-order chi connectivity index (χ0) is 17.5. The molecule has 0 aromatic rings. The van der Waals surface area contributed by atoms with Gasteiger partial charge in [-0.1, -0.05) is 26.2 Å². The van der Waals surface area contributed by atoms with Crippen LogP contribution in [0.3, 0.4) is 0 Å². The van der Waals surface area contributed by atoms with Crippen molar-refractivity contribution in [3.63, 3.8) is 0 Å². The molecule has 0 radical (unpaired) electrons. The molecule has 1 aliphatic heterocycles. The number of nitrogens with one attached hydrogen (secondary N) is 2. The van der Waals surface area contributed by atoms with E-state index in [-0.39, 0.29) is 30.3 Å². The van der Waals surface area contributed by atoms with Crippen LogP contribution in [0.5, 0.6) is 0 Å². The summed E-state index contributed by atoms with van der Waals surface area (Å²) in [6.45, 7) is 3.53. The summed E-state index contributed by atoms with van der Waals surface area (Å²) in [6, 6.07) is 0.311. The Morgan fingerprint density at radius 3 is 2.54 bits per heavy atom. The number of guanidine groups is 1. The van der Waals surface area contributed by atoms with Crippen LogP contribution >= 0.6 is 0 Å². The SMILES string of the molecule is CN=C(NCC(=O)NC1CCCCC1)N1CC(C)C(C(=O)OC)C1. The van der Waals surface area contributed by atoms with E-state index in [1.807, 2.05) is 11.8 Å². The van der Waals surface area contributed by atoms with Crippen LogP contribution in [0.4, 0.5) is 0 Å². The Morgan fingerprint density at radius 1 is 1.21 bits per heavy atom. The molecular weight excluding hydrogens is 308 g/mol. The van der Waals surface area contributed by atoms with E-state index < -0.39 is 0 Å². The average Bonchev–Trinajstić information content (AvgIpc) is 2.97.